The van der Waals surface area contributed by atoms with Crippen LogP contribution >= 0.6 is 11.3 Å². The largest absolute Gasteiger partial charge is 0.506 e. The summed E-state index contributed by atoms with van der Waals surface area (Å²) in [6.07, 6.45) is -0.890. The van der Waals surface area contributed by atoms with Crippen molar-refractivity contribution >= 4 is 34.1 Å². The number of carboxylic acids is 1. The van der Waals surface area contributed by atoms with Crippen molar-refractivity contribution in [1.29, 1.82) is 0 Å². The van der Waals surface area contributed by atoms with Crippen molar-refractivity contribution in [1.82, 2.24) is 15.6 Å². The minimum atomic E-state index is -2.21. The molecule has 11 heteroatoms. The highest BCUT2D eigenvalue weighted by Crippen LogP contribution is 2.35. The molecule has 6 rings (SSSR count). The van der Waals surface area contributed by atoms with Crippen LogP contribution in [0, 0.1) is 6.92 Å². The number of amides is 1. The zero-order valence-electron chi connectivity index (χ0n) is 27.0. The second-order valence-electron chi connectivity index (χ2n) is 12.0. The summed E-state index contributed by atoms with van der Waals surface area (Å²) in [4.78, 5) is 41.3. The van der Waals surface area contributed by atoms with E-state index in [9.17, 15) is 34.8 Å². The normalized spacial score (nSPS) is 13.1. The second kappa shape index (κ2) is 14.5. The van der Waals surface area contributed by atoms with Crippen molar-refractivity contribution in [2.24, 2.45) is 0 Å². The zero-order valence-corrected chi connectivity index (χ0v) is 27.8. The Labute approximate surface area is 291 Å². The van der Waals surface area contributed by atoms with Crippen molar-refractivity contribution in [3.8, 4) is 16.2 Å². The number of pyridine rings is 1. The maximum Gasteiger partial charge on any atom is 0.345 e. The summed E-state index contributed by atoms with van der Waals surface area (Å²) in [6, 6.07) is 30.4. The predicted molar refractivity (Wildman–Crippen MR) is 192 cm³/mol. The van der Waals surface area contributed by atoms with E-state index in [1.165, 1.54) is 23.5 Å². The van der Waals surface area contributed by atoms with Crippen molar-refractivity contribution in [3.63, 3.8) is 0 Å². The summed E-state index contributed by atoms with van der Waals surface area (Å²) in [5.74, 6) is -1.67. The van der Waals surface area contributed by atoms with E-state index in [0.29, 0.717) is 29.6 Å². The Kier molecular flexibility index (Phi) is 9.93. The zero-order chi connectivity index (χ0) is 35.4. The number of aryl methyl sites for hydroxylation is 1. The van der Waals surface area contributed by atoms with Crippen LogP contribution < -0.4 is 16.2 Å². The molecule has 2 aromatic heterocycles. The lowest BCUT2D eigenvalue weighted by Gasteiger charge is -2.25. The van der Waals surface area contributed by atoms with Gasteiger partial charge in [0.25, 0.3) is 5.91 Å². The van der Waals surface area contributed by atoms with E-state index in [-0.39, 0.29) is 40.4 Å². The SMILES string of the molecule is Cc1cc(C(=O)NCc2ccc(-c3cccc([C@](O)(C(=O)O)c4ccccc4)c3)s2)ccc1CNC[C@H](O)c1ccc(O)c2[nH]c(=O)ccc12. The Hall–Kier alpha value is -5.59. The molecule has 0 saturated carbocycles. The van der Waals surface area contributed by atoms with E-state index in [0.717, 1.165) is 26.4 Å². The number of hydrogen-bond acceptors (Lipinski definition) is 8. The second-order valence-corrected chi connectivity index (χ2v) is 13.2. The number of thiophene rings is 1. The Morgan fingerprint density at radius 1 is 0.880 bits per heavy atom. The average molecular weight is 690 g/mol. The van der Waals surface area contributed by atoms with Gasteiger partial charge in [-0.2, -0.15) is 0 Å². The number of carbonyl (C=O) groups excluding carboxylic acids is 1. The smallest absolute Gasteiger partial charge is 0.345 e. The number of phenolic OH excluding ortho intramolecular Hbond substituents is 1. The van der Waals surface area contributed by atoms with Gasteiger partial charge in [0.05, 0.1) is 18.2 Å². The molecule has 0 saturated heterocycles. The predicted octanol–water partition coefficient (Wildman–Crippen LogP) is 5.34. The van der Waals surface area contributed by atoms with E-state index in [2.05, 4.69) is 15.6 Å². The van der Waals surface area contributed by atoms with E-state index >= 15 is 0 Å². The first kappa shape index (κ1) is 34.3. The lowest BCUT2D eigenvalue weighted by atomic mass is 9.85. The molecule has 0 spiro atoms. The third-order valence-corrected chi connectivity index (χ3v) is 9.81. The highest BCUT2D eigenvalue weighted by molar-refractivity contribution is 7.15. The molecule has 50 heavy (non-hydrogen) atoms. The molecule has 0 aliphatic carbocycles. The molecule has 0 bridgehead atoms. The number of aromatic hydroxyl groups is 1. The Morgan fingerprint density at radius 3 is 2.42 bits per heavy atom. The summed E-state index contributed by atoms with van der Waals surface area (Å²) in [6.45, 7) is 2.89. The van der Waals surface area contributed by atoms with Gasteiger partial charge in [0, 0.05) is 45.4 Å². The van der Waals surface area contributed by atoms with Crippen LogP contribution in [0.3, 0.4) is 0 Å². The van der Waals surface area contributed by atoms with E-state index in [1.807, 2.05) is 37.3 Å². The number of H-pyrrole nitrogens is 1. The maximum atomic E-state index is 13.0. The van der Waals surface area contributed by atoms with Crippen molar-refractivity contribution in [3.05, 3.63) is 158 Å². The van der Waals surface area contributed by atoms with Gasteiger partial charge in [-0.1, -0.05) is 60.7 Å². The van der Waals surface area contributed by atoms with Crippen LogP contribution in [0.15, 0.2) is 114 Å². The number of rotatable bonds is 12. The Balaban J connectivity index is 1.06. The topological polar surface area (TPSA) is 172 Å². The molecule has 2 atom stereocenters. The van der Waals surface area contributed by atoms with Gasteiger partial charge in [-0.25, -0.2) is 4.79 Å². The number of fused-ring (bicyclic) bond motifs is 1. The number of aromatic amines is 1. The van der Waals surface area contributed by atoms with Crippen molar-refractivity contribution < 1.29 is 30.0 Å². The minimum absolute atomic E-state index is 0.0690. The van der Waals surface area contributed by atoms with Gasteiger partial charge in [-0.3, -0.25) is 9.59 Å². The first-order valence-electron chi connectivity index (χ1n) is 15.9. The Morgan fingerprint density at radius 2 is 1.66 bits per heavy atom. The van der Waals surface area contributed by atoms with Gasteiger partial charge < -0.3 is 36.0 Å². The molecule has 2 heterocycles. The molecule has 0 aliphatic heterocycles. The van der Waals surface area contributed by atoms with Crippen molar-refractivity contribution in [2.45, 2.75) is 31.7 Å². The van der Waals surface area contributed by atoms with Gasteiger partial charge in [0.15, 0.2) is 0 Å². The van der Waals surface area contributed by atoms with Crippen LogP contribution in [0.25, 0.3) is 21.3 Å². The van der Waals surface area contributed by atoms with Gasteiger partial charge >= 0.3 is 5.97 Å². The number of benzene rings is 4. The molecule has 1 amide bonds. The maximum absolute atomic E-state index is 13.0. The molecule has 254 valence electrons. The number of hydrogen-bond donors (Lipinski definition) is 7. The van der Waals surface area contributed by atoms with Crippen LogP contribution in [-0.4, -0.2) is 43.8 Å². The summed E-state index contributed by atoms with van der Waals surface area (Å²) in [7, 11) is 0. The summed E-state index contributed by atoms with van der Waals surface area (Å²) >= 11 is 1.46. The standard InChI is InChI=1S/C39H35N3O7S/c1-23-18-25(10-11-26(23)20-40-22-33(44)30-13-15-32(43)36-31(30)14-17-35(45)42-36)37(46)41-21-29-12-16-34(50-29)24-6-5-9-28(19-24)39(49,38(47)48)27-7-3-2-4-8-27/h2-19,33,40,43-44,49H,20-22H2,1H3,(H,41,46)(H,42,45)(H,47,48)/t33-,39-/m0/s1. The van der Waals surface area contributed by atoms with Gasteiger partial charge in [0.2, 0.25) is 11.2 Å². The number of carboxylic acid groups (broad SMARTS) is 1. The quantitative estimate of drug-likeness (QED) is 0.0902. The summed E-state index contributed by atoms with van der Waals surface area (Å²) < 4.78 is 0. The summed E-state index contributed by atoms with van der Waals surface area (Å²) in [5.41, 5.74) is 1.93. The first-order valence-corrected chi connectivity index (χ1v) is 16.7. The molecule has 0 fully saturated rings. The number of aliphatic hydroxyl groups is 2. The minimum Gasteiger partial charge on any atom is -0.506 e. The van der Waals surface area contributed by atoms with Crippen LogP contribution in [-0.2, 0) is 23.5 Å². The van der Waals surface area contributed by atoms with Crippen LogP contribution in [0.2, 0.25) is 0 Å². The number of aliphatic carboxylic acids is 1. The first-order chi connectivity index (χ1) is 24.0. The fourth-order valence-corrected chi connectivity index (χ4v) is 6.87. The molecule has 0 aliphatic rings. The number of carbonyl (C=O) groups is 2. The van der Waals surface area contributed by atoms with Crippen LogP contribution in [0.1, 0.15) is 49.2 Å². The molecular weight excluding hydrogens is 655 g/mol. The number of phenols is 1. The van der Waals surface area contributed by atoms with Crippen LogP contribution in [0.5, 0.6) is 5.75 Å². The monoisotopic (exact) mass is 689 g/mol. The number of nitrogens with one attached hydrogen (secondary N) is 3. The number of aromatic nitrogens is 1. The highest BCUT2D eigenvalue weighted by Gasteiger charge is 2.40. The number of aliphatic hydroxyl groups excluding tert-OH is 1. The summed E-state index contributed by atoms with van der Waals surface area (Å²) in [5, 5.41) is 49.0. The molecule has 10 nitrogen and oxygen atoms in total. The third-order valence-electron chi connectivity index (χ3n) is 8.67. The van der Waals surface area contributed by atoms with Crippen LogP contribution in [0.4, 0.5) is 0 Å². The highest BCUT2D eigenvalue weighted by atomic mass is 32.1. The molecule has 7 N–H and O–H groups in total. The lowest BCUT2D eigenvalue weighted by Crippen LogP contribution is -2.36. The third kappa shape index (κ3) is 7.07. The fourth-order valence-electron chi connectivity index (χ4n) is 5.93. The van der Waals surface area contributed by atoms with Gasteiger partial charge in [0.1, 0.15) is 5.75 Å². The molecule has 4 aromatic carbocycles. The van der Waals surface area contributed by atoms with E-state index in [1.54, 1.807) is 66.7 Å². The molecule has 0 unspecified atom stereocenters. The molecule has 6 aromatic rings. The molecule has 0 radical (unpaired) electrons. The van der Waals surface area contributed by atoms with E-state index in [4.69, 9.17) is 0 Å². The van der Waals surface area contributed by atoms with E-state index < -0.39 is 17.7 Å². The Bertz CT molecular complexity index is 2250. The average Bonchev–Trinajstić information content (AvgIpc) is 3.61. The molecular formula is C39H35N3O7S. The van der Waals surface area contributed by atoms with Crippen molar-refractivity contribution in [2.75, 3.05) is 6.54 Å². The van der Waals surface area contributed by atoms with Gasteiger partial charge in [-0.05, 0) is 77.2 Å². The lowest BCUT2D eigenvalue weighted by molar-refractivity contribution is -0.155. The van der Waals surface area contributed by atoms with Gasteiger partial charge in [-0.15, -0.1) is 11.3 Å². The fraction of sp³-hybridized carbons (Fsp3) is 0.154.